The zero-order valence-electron chi connectivity index (χ0n) is 17.5. The minimum Gasteiger partial charge on any atom is -0.348 e. The molecule has 158 valence electrons. The Bertz CT molecular complexity index is 926. The molecule has 3 aliphatic carbocycles. The van der Waals surface area contributed by atoms with E-state index in [0.717, 1.165) is 36.6 Å². The van der Waals surface area contributed by atoms with Crippen LogP contribution in [-0.2, 0) is 6.54 Å². The molecule has 5 rings (SSSR count). The maximum absolute atomic E-state index is 13.2. The normalized spacial score (nSPS) is 32.1. The second-order valence-corrected chi connectivity index (χ2v) is 9.80. The van der Waals surface area contributed by atoms with E-state index >= 15 is 0 Å². The Hall–Kier alpha value is -2.27. The van der Waals surface area contributed by atoms with Crippen molar-refractivity contribution in [3.63, 3.8) is 0 Å². The van der Waals surface area contributed by atoms with E-state index in [9.17, 15) is 9.18 Å². The topological polar surface area (TPSA) is 54.0 Å². The molecule has 0 aliphatic heterocycles. The summed E-state index contributed by atoms with van der Waals surface area (Å²) < 4.78 is 13.2. The molecule has 5 atom stereocenters. The number of hydrogen-bond donors (Lipinski definition) is 2. The van der Waals surface area contributed by atoms with Crippen molar-refractivity contribution >= 4 is 5.91 Å². The number of pyridine rings is 1. The van der Waals surface area contributed by atoms with Crippen LogP contribution in [-0.4, -0.2) is 22.5 Å². The Balaban J connectivity index is 1.23. The van der Waals surface area contributed by atoms with Crippen molar-refractivity contribution in [2.75, 3.05) is 0 Å². The smallest absolute Gasteiger partial charge is 0.270 e. The van der Waals surface area contributed by atoms with E-state index in [-0.39, 0.29) is 23.3 Å². The second-order valence-electron chi connectivity index (χ2n) is 9.80. The molecular weight excluding hydrogens is 377 g/mol. The highest BCUT2D eigenvalue weighted by molar-refractivity contribution is 5.92. The molecule has 0 spiro atoms. The van der Waals surface area contributed by atoms with Crippen LogP contribution < -0.4 is 10.6 Å². The van der Waals surface area contributed by atoms with Gasteiger partial charge in [-0.1, -0.05) is 18.2 Å². The summed E-state index contributed by atoms with van der Waals surface area (Å²) in [5.74, 6) is 1.84. The third-order valence-electron chi connectivity index (χ3n) is 7.53. The van der Waals surface area contributed by atoms with Crippen LogP contribution in [0.15, 0.2) is 42.5 Å². The van der Waals surface area contributed by atoms with E-state index in [0.29, 0.717) is 17.5 Å². The molecule has 1 aromatic heterocycles. The molecule has 2 aromatic rings. The van der Waals surface area contributed by atoms with Crippen LogP contribution in [0.3, 0.4) is 0 Å². The zero-order chi connectivity index (χ0) is 20.7. The molecule has 1 aromatic carbocycles. The van der Waals surface area contributed by atoms with Crippen molar-refractivity contribution in [1.29, 1.82) is 0 Å². The van der Waals surface area contributed by atoms with Crippen molar-refractivity contribution in [1.82, 2.24) is 15.6 Å². The Morgan fingerprint density at radius 2 is 1.83 bits per heavy atom. The molecule has 4 nitrogen and oxygen atoms in total. The summed E-state index contributed by atoms with van der Waals surface area (Å²) in [6.45, 7) is 2.71. The predicted molar refractivity (Wildman–Crippen MR) is 114 cm³/mol. The van der Waals surface area contributed by atoms with Crippen molar-refractivity contribution < 1.29 is 9.18 Å². The van der Waals surface area contributed by atoms with Gasteiger partial charge < -0.3 is 10.6 Å². The van der Waals surface area contributed by atoms with Gasteiger partial charge in [0.1, 0.15) is 11.5 Å². The molecule has 1 amide bonds. The Morgan fingerprint density at radius 1 is 1.07 bits per heavy atom. The first kappa shape index (κ1) is 19.7. The summed E-state index contributed by atoms with van der Waals surface area (Å²) in [5.41, 5.74) is 2.74. The maximum Gasteiger partial charge on any atom is 0.270 e. The zero-order valence-corrected chi connectivity index (χ0v) is 17.5. The number of nitrogens with zero attached hydrogens (tertiary/aromatic N) is 1. The van der Waals surface area contributed by atoms with Gasteiger partial charge in [0.2, 0.25) is 0 Å². The lowest BCUT2D eigenvalue weighted by Crippen LogP contribution is -2.48. The number of hydrogen-bond acceptors (Lipinski definition) is 3. The molecule has 3 bridgehead atoms. The monoisotopic (exact) mass is 407 g/mol. The predicted octanol–water partition coefficient (Wildman–Crippen LogP) is 4.39. The van der Waals surface area contributed by atoms with Gasteiger partial charge in [-0.05, 0) is 93.0 Å². The van der Waals surface area contributed by atoms with Crippen molar-refractivity contribution in [3.8, 4) is 0 Å². The van der Waals surface area contributed by atoms with Gasteiger partial charge in [-0.25, -0.2) is 9.37 Å². The van der Waals surface area contributed by atoms with Crippen LogP contribution >= 0.6 is 0 Å². The highest BCUT2D eigenvalue weighted by atomic mass is 19.1. The van der Waals surface area contributed by atoms with Gasteiger partial charge in [-0.15, -0.1) is 0 Å². The summed E-state index contributed by atoms with van der Waals surface area (Å²) in [6, 6.07) is 12.7. The number of halogens is 1. The first-order valence-electron chi connectivity index (χ1n) is 11.2. The number of aromatic nitrogens is 1. The lowest BCUT2D eigenvalue weighted by Gasteiger charge is -2.40. The summed E-state index contributed by atoms with van der Waals surface area (Å²) >= 11 is 0. The Labute approximate surface area is 177 Å². The Kier molecular flexibility index (Phi) is 5.10. The van der Waals surface area contributed by atoms with Crippen LogP contribution in [0.2, 0.25) is 0 Å². The first-order chi connectivity index (χ1) is 14.5. The van der Waals surface area contributed by atoms with Gasteiger partial charge >= 0.3 is 0 Å². The molecule has 3 fully saturated rings. The standard InChI is InChI=1S/C25H30FN3O/c1-16-3-2-4-23(28-16)24(30)29-22-10-18-9-19-13-25(12-18,14-20(19)11-22)27-15-17-5-7-21(26)8-6-17/h2-8,18-20,22,27H,9-15H2,1H3,(H,29,30). The third kappa shape index (κ3) is 4.00. The lowest BCUT2D eigenvalue weighted by atomic mass is 9.74. The highest BCUT2D eigenvalue weighted by Gasteiger charge is 2.52. The van der Waals surface area contributed by atoms with Gasteiger partial charge in [0, 0.05) is 23.8 Å². The van der Waals surface area contributed by atoms with Crippen molar-refractivity contribution in [2.24, 2.45) is 17.8 Å². The summed E-state index contributed by atoms with van der Waals surface area (Å²) in [4.78, 5) is 17.1. The number of aryl methyl sites for hydroxylation is 1. The van der Waals surface area contributed by atoms with E-state index in [4.69, 9.17) is 0 Å². The van der Waals surface area contributed by atoms with Gasteiger partial charge in [0.05, 0.1) is 0 Å². The molecule has 2 N–H and O–H groups in total. The molecule has 0 radical (unpaired) electrons. The fourth-order valence-corrected chi connectivity index (χ4v) is 6.40. The fourth-order valence-electron chi connectivity index (χ4n) is 6.40. The third-order valence-corrected chi connectivity index (χ3v) is 7.53. The molecule has 5 heteroatoms. The van der Waals surface area contributed by atoms with Crippen molar-refractivity contribution in [3.05, 3.63) is 65.2 Å². The number of nitrogens with one attached hydrogen (secondary N) is 2. The summed E-state index contributed by atoms with van der Waals surface area (Å²) in [7, 11) is 0. The molecular formula is C25H30FN3O. The van der Waals surface area contributed by atoms with Crippen LogP contribution in [0.5, 0.6) is 0 Å². The quantitative estimate of drug-likeness (QED) is 0.773. The number of carbonyl (C=O) groups is 1. The largest absolute Gasteiger partial charge is 0.348 e. The van der Waals surface area contributed by atoms with Crippen LogP contribution in [0.4, 0.5) is 4.39 Å². The average molecular weight is 408 g/mol. The maximum atomic E-state index is 13.2. The van der Waals surface area contributed by atoms with Gasteiger partial charge in [-0.2, -0.15) is 0 Å². The van der Waals surface area contributed by atoms with Crippen LogP contribution in [0.25, 0.3) is 0 Å². The number of benzene rings is 1. The number of carbonyl (C=O) groups excluding carboxylic acids is 1. The van der Waals surface area contributed by atoms with Crippen molar-refractivity contribution in [2.45, 2.75) is 63.6 Å². The van der Waals surface area contributed by atoms with E-state index < -0.39 is 0 Å². The SMILES string of the molecule is Cc1cccc(C(=O)NC2CC3CC4CC(NCc5ccc(F)cc5)(C3)CC4C2)n1. The average Bonchev–Trinajstić information content (AvgIpc) is 2.90. The molecule has 0 saturated heterocycles. The number of fused-ring (bicyclic) bond motifs is 2. The molecule has 3 saturated carbocycles. The van der Waals surface area contributed by atoms with Gasteiger partial charge in [0.15, 0.2) is 0 Å². The summed E-state index contributed by atoms with van der Waals surface area (Å²) in [6.07, 6.45) is 7.01. The lowest BCUT2D eigenvalue weighted by molar-refractivity contribution is 0.0914. The minimum atomic E-state index is -0.181. The van der Waals surface area contributed by atoms with Crippen LogP contribution in [0.1, 0.15) is 60.3 Å². The minimum absolute atomic E-state index is 0.0415. The Morgan fingerprint density at radius 3 is 2.60 bits per heavy atom. The van der Waals surface area contributed by atoms with E-state index in [1.54, 1.807) is 6.07 Å². The molecule has 30 heavy (non-hydrogen) atoms. The fraction of sp³-hybridized carbons (Fsp3) is 0.520. The van der Waals surface area contributed by atoms with E-state index in [1.165, 1.54) is 37.8 Å². The molecule has 1 heterocycles. The summed E-state index contributed by atoms with van der Waals surface area (Å²) in [5, 5.41) is 7.15. The van der Waals surface area contributed by atoms with Gasteiger partial charge in [-0.3, -0.25) is 4.79 Å². The number of rotatable bonds is 5. The van der Waals surface area contributed by atoms with E-state index in [1.807, 2.05) is 31.2 Å². The molecule has 3 aliphatic rings. The van der Waals surface area contributed by atoms with Crippen LogP contribution in [0, 0.1) is 30.5 Å². The second kappa shape index (κ2) is 7.77. The van der Waals surface area contributed by atoms with E-state index in [2.05, 4.69) is 15.6 Å². The molecule has 5 unspecified atom stereocenters. The number of amides is 1. The highest BCUT2D eigenvalue weighted by Crippen LogP contribution is 2.55. The van der Waals surface area contributed by atoms with Gasteiger partial charge in [0.25, 0.3) is 5.91 Å². The first-order valence-corrected chi connectivity index (χ1v) is 11.2.